The van der Waals surface area contributed by atoms with Crippen LogP contribution in [0, 0.1) is 11.8 Å². The lowest BCUT2D eigenvalue weighted by Gasteiger charge is -2.06. The normalized spacial score (nSPS) is 9.24. The summed E-state index contributed by atoms with van der Waals surface area (Å²) in [5.41, 5.74) is 0.229. The predicted molar refractivity (Wildman–Crippen MR) is 65.2 cm³/mol. The van der Waals surface area contributed by atoms with Gasteiger partial charge in [0, 0.05) is 6.54 Å². The fraction of sp³-hybridized carbons (Fsp3) is 0.308. The molecule has 2 N–H and O–H groups in total. The summed E-state index contributed by atoms with van der Waals surface area (Å²) in [4.78, 5) is 10.7. The largest absolute Gasteiger partial charge is 0.492 e. The molecule has 4 nitrogen and oxygen atoms in total. The molecule has 0 heterocycles. The molecule has 0 aliphatic heterocycles. The molecule has 1 aromatic carbocycles. The second-order valence-corrected chi connectivity index (χ2v) is 3.28. The quantitative estimate of drug-likeness (QED) is 0.575. The Morgan fingerprint density at radius 1 is 1.53 bits per heavy atom. The van der Waals surface area contributed by atoms with Crippen LogP contribution in [-0.2, 0) is 0 Å². The molecule has 0 fully saturated rings. The monoisotopic (exact) mass is 233 g/mol. The maximum absolute atomic E-state index is 10.7. The van der Waals surface area contributed by atoms with Crippen LogP contribution in [0.1, 0.15) is 17.3 Å². The Morgan fingerprint density at radius 3 is 3.06 bits per heavy atom. The van der Waals surface area contributed by atoms with E-state index in [1.54, 1.807) is 19.1 Å². The van der Waals surface area contributed by atoms with Crippen molar-refractivity contribution in [2.45, 2.75) is 6.92 Å². The average molecular weight is 233 g/mol. The standard InChI is InChI=1S/C13H15NO3/c1-2-3-7-14-8-9-17-12-6-4-5-11(10-12)13(15)16/h4-6,10,14H,7-9H2,1H3,(H,15,16). The molecule has 0 amide bonds. The van der Waals surface area contributed by atoms with E-state index in [-0.39, 0.29) is 5.56 Å². The van der Waals surface area contributed by atoms with E-state index in [4.69, 9.17) is 9.84 Å². The first-order chi connectivity index (χ1) is 8.24. The molecule has 0 saturated carbocycles. The number of nitrogens with one attached hydrogen (secondary N) is 1. The van der Waals surface area contributed by atoms with E-state index >= 15 is 0 Å². The Labute approximate surface area is 101 Å². The highest BCUT2D eigenvalue weighted by Crippen LogP contribution is 2.12. The molecule has 0 aliphatic rings. The van der Waals surface area contributed by atoms with Crippen molar-refractivity contribution in [3.63, 3.8) is 0 Å². The van der Waals surface area contributed by atoms with Crippen molar-refractivity contribution < 1.29 is 14.6 Å². The van der Waals surface area contributed by atoms with Gasteiger partial charge in [-0.1, -0.05) is 12.0 Å². The molecule has 0 unspecified atom stereocenters. The molecule has 0 aromatic heterocycles. The molecule has 0 radical (unpaired) electrons. The molecule has 4 heteroatoms. The van der Waals surface area contributed by atoms with Gasteiger partial charge >= 0.3 is 5.97 Å². The average Bonchev–Trinajstić information content (AvgIpc) is 2.34. The van der Waals surface area contributed by atoms with Crippen LogP contribution in [0.15, 0.2) is 24.3 Å². The van der Waals surface area contributed by atoms with E-state index in [9.17, 15) is 4.79 Å². The zero-order valence-electron chi connectivity index (χ0n) is 9.69. The molecule has 0 atom stereocenters. The maximum atomic E-state index is 10.7. The lowest BCUT2D eigenvalue weighted by atomic mass is 10.2. The third-order valence-electron chi connectivity index (χ3n) is 2.02. The molecule has 17 heavy (non-hydrogen) atoms. The van der Waals surface area contributed by atoms with E-state index in [1.165, 1.54) is 12.1 Å². The van der Waals surface area contributed by atoms with Crippen molar-refractivity contribution in [2.24, 2.45) is 0 Å². The number of hydrogen-bond acceptors (Lipinski definition) is 3. The number of ether oxygens (including phenoxy) is 1. The Balaban J connectivity index is 2.33. The highest BCUT2D eigenvalue weighted by molar-refractivity contribution is 5.87. The Morgan fingerprint density at radius 2 is 2.35 bits per heavy atom. The van der Waals surface area contributed by atoms with Gasteiger partial charge in [-0.25, -0.2) is 4.79 Å². The van der Waals surface area contributed by atoms with Crippen molar-refractivity contribution in [1.82, 2.24) is 5.32 Å². The smallest absolute Gasteiger partial charge is 0.335 e. The second kappa shape index (κ2) is 7.31. The highest BCUT2D eigenvalue weighted by atomic mass is 16.5. The maximum Gasteiger partial charge on any atom is 0.335 e. The number of carboxylic acids is 1. The summed E-state index contributed by atoms with van der Waals surface area (Å²) in [7, 11) is 0. The van der Waals surface area contributed by atoms with Crippen molar-refractivity contribution in [3.8, 4) is 17.6 Å². The molecule has 1 rings (SSSR count). The van der Waals surface area contributed by atoms with Crippen molar-refractivity contribution >= 4 is 5.97 Å². The fourth-order valence-corrected chi connectivity index (χ4v) is 1.20. The Bertz CT molecular complexity index is 432. The minimum Gasteiger partial charge on any atom is -0.492 e. The molecular formula is C13H15NO3. The van der Waals surface area contributed by atoms with Gasteiger partial charge in [-0.05, 0) is 25.1 Å². The summed E-state index contributed by atoms with van der Waals surface area (Å²) in [6.07, 6.45) is 0. The van der Waals surface area contributed by atoms with Gasteiger partial charge in [0.2, 0.25) is 0 Å². The van der Waals surface area contributed by atoms with Gasteiger partial charge < -0.3 is 15.2 Å². The fourth-order valence-electron chi connectivity index (χ4n) is 1.20. The van der Waals surface area contributed by atoms with Gasteiger partial charge in [0.05, 0.1) is 12.1 Å². The van der Waals surface area contributed by atoms with E-state index in [1.807, 2.05) is 0 Å². The number of hydrogen-bond donors (Lipinski definition) is 2. The summed E-state index contributed by atoms with van der Waals surface area (Å²) in [5, 5.41) is 11.9. The minimum atomic E-state index is -0.952. The van der Waals surface area contributed by atoms with Crippen LogP contribution < -0.4 is 10.1 Å². The van der Waals surface area contributed by atoms with E-state index in [0.29, 0.717) is 25.4 Å². The van der Waals surface area contributed by atoms with Crippen LogP contribution >= 0.6 is 0 Å². The predicted octanol–water partition coefficient (Wildman–Crippen LogP) is 1.38. The first-order valence-corrected chi connectivity index (χ1v) is 5.30. The van der Waals surface area contributed by atoms with Crippen LogP contribution in [-0.4, -0.2) is 30.8 Å². The molecule has 0 bridgehead atoms. The first-order valence-electron chi connectivity index (χ1n) is 5.30. The SMILES string of the molecule is CC#CCNCCOc1cccc(C(=O)O)c1. The minimum absolute atomic E-state index is 0.229. The summed E-state index contributed by atoms with van der Waals surface area (Å²) >= 11 is 0. The third-order valence-corrected chi connectivity index (χ3v) is 2.02. The molecule has 0 aliphatic carbocycles. The number of carboxylic acid groups (broad SMARTS) is 1. The number of aromatic carboxylic acids is 1. The van der Waals surface area contributed by atoms with Gasteiger partial charge in [0.1, 0.15) is 12.4 Å². The summed E-state index contributed by atoms with van der Waals surface area (Å²) in [5.74, 6) is 5.27. The van der Waals surface area contributed by atoms with E-state index in [2.05, 4.69) is 17.2 Å². The Kier molecular flexibility index (Phi) is 5.62. The summed E-state index contributed by atoms with van der Waals surface area (Å²) < 4.78 is 5.40. The molecule has 0 saturated heterocycles. The molecular weight excluding hydrogens is 218 g/mol. The second-order valence-electron chi connectivity index (χ2n) is 3.28. The molecule has 1 aromatic rings. The highest BCUT2D eigenvalue weighted by Gasteiger charge is 2.03. The third kappa shape index (κ3) is 5.05. The molecule has 90 valence electrons. The number of benzene rings is 1. The lowest BCUT2D eigenvalue weighted by molar-refractivity contribution is 0.0696. The van der Waals surface area contributed by atoms with Crippen LogP contribution in [0.2, 0.25) is 0 Å². The number of carbonyl (C=O) groups is 1. The van der Waals surface area contributed by atoms with E-state index in [0.717, 1.165) is 0 Å². The first kappa shape index (κ1) is 13.1. The zero-order chi connectivity index (χ0) is 12.5. The van der Waals surface area contributed by atoms with E-state index < -0.39 is 5.97 Å². The Hall–Kier alpha value is -1.99. The number of rotatable bonds is 6. The van der Waals surface area contributed by atoms with Gasteiger partial charge in [0.25, 0.3) is 0 Å². The topological polar surface area (TPSA) is 58.6 Å². The van der Waals surface area contributed by atoms with Crippen molar-refractivity contribution in [3.05, 3.63) is 29.8 Å². The lowest BCUT2D eigenvalue weighted by Crippen LogP contribution is -2.21. The van der Waals surface area contributed by atoms with Gasteiger partial charge in [0.15, 0.2) is 0 Å². The van der Waals surface area contributed by atoms with Crippen molar-refractivity contribution in [2.75, 3.05) is 19.7 Å². The van der Waals surface area contributed by atoms with Crippen LogP contribution in [0.5, 0.6) is 5.75 Å². The van der Waals surface area contributed by atoms with Gasteiger partial charge in [-0.15, -0.1) is 5.92 Å². The van der Waals surface area contributed by atoms with Crippen LogP contribution in [0.4, 0.5) is 0 Å². The molecule has 0 spiro atoms. The van der Waals surface area contributed by atoms with Crippen LogP contribution in [0.25, 0.3) is 0 Å². The summed E-state index contributed by atoms with van der Waals surface area (Å²) in [6, 6.07) is 6.44. The zero-order valence-corrected chi connectivity index (χ0v) is 9.69. The van der Waals surface area contributed by atoms with Crippen molar-refractivity contribution in [1.29, 1.82) is 0 Å². The summed E-state index contributed by atoms with van der Waals surface area (Å²) in [6.45, 7) is 3.57. The van der Waals surface area contributed by atoms with Gasteiger partial charge in [-0.2, -0.15) is 0 Å². The van der Waals surface area contributed by atoms with Gasteiger partial charge in [-0.3, -0.25) is 0 Å². The van der Waals surface area contributed by atoms with Crippen LogP contribution in [0.3, 0.4) is 0 Å².